The van der Waals surface area contributed by atoms with Crippen LogP contribution in [0.1, 0.15) is 18.1 Å². The molecule has 1 heterocycles. The van der Waals surface area contributed by atoms with Crippen LogP contribution in [0.15, 0.2) is 18.2 Å². The van der Waals surface area contributed by atoms with E-state index in [4.69, 9.17) is 5.73 Å². The van der Waals surface area contributed by atoms with Gasteiger partial charge in [-0.3, -0.25) is 0 Å². The van der Waals surface area contributed by atoms with Gasteiger partial charge in [-0.2, -0.15) is 0 Å². The molecule has 0 radical (unpaired) electrons. The maximum atomic E-state index is 5.86. The molecule has 0 amide bonds. The fourth-order valence-electron chi connectivity index (χ4n) is 1.77. The molecule has 2 aromatic rings. The second-order valence-electron chi connectivity index (χ2n) is 3.42. The molecule has 1 aromatic carbocycles. The topological polar surface area (TPSA) is 41.8 Å². The molecule has 0 spiro atoms. The molecule has 2 heteroatoms. The van der Waals surface area contributed by atoms with Gasteiger partial charge in [0.1, 0.15) is 5.82 Å². The van der Waals surface area contributed by atoms with Gasteiger partial charge in [0.2, 0.25) is 0 Å². The number of fused-ring (bicyclic) bond motifs is 1. The van der Waals surface area contributed by atoms with E-state index in [2.05, 4.69) is 37.0 Å². The van der Waals surface area contributed by atoms with Gasteiger partial charge in [-0.25, -0.2) is 0 Å². The minimum Gasteiger partial charge on any atom is -0.385 e. The molecule has 2 nitrogen and oxygen atoms in total. The molecule has 0 aliphatic rings. The van der Waals surface area contributed by atoms with Crippen molar-refractivity contribution in [2.75, 3.05) is 5.73 Å². The van der Waals surface area contributed by atoms with Crippen LogP contribution in [0.4, 0.5) is 5.82 Å². The first-order valence-electron chi connectivity index (χ1n) is 4.59. The van der Waals surface area contributed by atoms with Crippen molar-refractivity contribution in [1.29, 1.82) is 0 Å². The van der Waals surface area contributed by atoms with Crippen molar-refractivity contribution in [3.63, 3.8) is 0 Å². The van der Waals surface area contributed by atoms with Crippen molar-refractivity contribution in [3.8, 4) is 0 Å². The first-order valence-corrected chi connectivity index (χ1v) is 4.59. The summed E-state index contributed by atoms with van der Waals surface area (Å²) in [5.74, 6) is 0.808. The summed E-state index contributed by atoms with van der Waals surface area (Å²) in [6, 6.07) is 6.38. The Morgan fingerprint density at radius 1 is 1.38 bits per heavy atom. The third-order valence-electron chi connectivity index (χ3n) is 2.45. The minimum absolute atomic E-state index is 0.808. The number of rotatable bonds is 1. The van der Waals surface area contributed by atoms with Crippen molar-refractivity contribution >= 4 is 16.7 Å². The third kappa shape index (κ3) is 1.18. The van der Waals surface area contributed by atoms with Crippen LogP contribution < -0.4 is 5.73 Å². The number of anilines is 1. The summed E-state index contributed by atoms with van der Waals surface area (Å²) < 4.78 is 0. The van der Waals surface area contributed by atoms with Crippen LogP contribution in [-0.4, -0.2) is 4.98 Å². The number of aryl methyl sites for hydroxylation is 2. The summed E-state index contributed by atoms with van der Waals surface area (Å²) in [4.78, 5) is 3.20. The number of aromatic nitrogens is 1. The Morgan fingerprint density at radius 3 is 2.85 bits per heavy atom. The summed E-state index contributed by atoms with van der Waals surface area (Å²) in [5, 5.41) is 1.26. The van der Waals surface area contributed by atoms with Gasteiger partial charge in [-0.15, -0.1) is 0 Å². The SMILES string of the molecule is CCc1c(N)[nH]c2cc(C)ccc12. The van der Waals surface area contributed by atoms with Gasteiger partial charge in [0.15, 0.2) is 0 Å². The monoisotopic (exact) mass is 174 g/mol. The number of nitrogens with one attached hydrogen (secondary N) is 1. The highest BCUT2D eigenvalue weighted by Gasteiger charge is 2.06. The predicted octanol–water partition coefficient (Wildman–Crippen LogP) is 2.62. The van der Waals surface area contributed by atoms with Gasteiger partial charge in [0.25, 0.3) is 0 Å². The van der Waals surface area contributed by atoms with Crippen molar-refractivity contribution < 1.29 is 0 Å². The molecule has 0 fully saturated rings. The highest BCUT2D eigenvalue weighted by molar-refractivity contribution is 5.88. The molecular weight excluding hydrogens is 160 g/mol. The Bertz CT molecular complexity index is 441. The fourth-order valence-corrected chi connectivity index (χ4v) is 1.77. The molecule has 0 saturated carbocycles. The minimum atomic E-state index is 0.808. The van der Waals surface area contributed by atoms with E-state index in [1.165, 1.54) is 16.5 Å². The quantitative estimate of drug-likeness (QED) is 0.685. The van der Waals surface area contributed by atoms with Crippen molar-refractivity contribution in [3.05, 3.63) is 29.3 Å². The molecule has 0 aliphatic heterocycles. The molecule has 0 atom stereocenters. The molecule has 2 rings (SSSR count). The Labute approximate surface area is 77.8 Å². The number of H-pyrrole nitrogens is 1. The summed E-state index contributed by atoms with van der Waals surface area (Å²) in [6.45, 7) is 4.21. The van der Waals surface area contributed by atoms with Gasteiger partial charge in [0.05, 0.1) is 0 Å². The zero-order chi connectivity index (χ0) is 9.42. The van der Waals surface area contributed by atoms with Gasteiger partial charge in [0, 0.05) is 16.5 Å². The Hall–Kier alpha value is -1.44. The second-order valence-corrected chi connectivity index (χ2v) is 3.42. The Balaban J connectivity index is 2.79. The van der Waals surface area contributed by atoms with Crippen molar-refractivity contribution in [2.24, 2.45) is 0 Å². The molecule has 3 N–H and O–H groups in total. The van der Waals surface area contributed by atoms with E-state index in [1.807, 2.05) is 0 Å². The molecule has 13 heavy (non-hydrogen) atoms. The molecule has 68 valence electrons. The zero-order valence-electron chi connectivity index (χ0n) is 8.02. The summed E-state index contributed by atoms with van der Waals surface area (Å²) in [7, 11) is 0. The van der Waals surface area contributed by atoms with E-state index < -0.39 is 0 Å². The lowest BCUT2D eigenvalue weighted by atomic mass is 10.1. The summed E-state index contributed by atoms with van der Waals surface area (Å²) >= 11 is 0. The average Bonchev–Trinajstić information content (AvgIpc) is 2.39. The number of nitrogen functional groups attached to an aromatic ring is 1. The smallest absolute Gasteiger partial charge is 0.104 e. The number of hydrogen-bond acceptors (Lipinski definition) is 1. The molecule has 0 unspecified atom stereocenters. The van der Waals surface area contributed by atoms with Gasteiger partial charge >= 0.3 is 0 Å². The number of hydrogen-bond donors (Lipinski definition) is 2. The normalized spacial score (nSPS) is 10.9. The van der Waals surface area contributed by atoms with Crippen LogP contribution in [0.25, 0.3) is 10.9 Å². The van der Waals surface area contributed by atoms with Crippen LogP contribution in [0.5, 0.6) is 0 Å². The first-order chi connectivity index (χ1) is 6.22. The molecular formula is C11H14N2. The van der Waals surface area contributed by atoms with E-state index in [0.29, 0.717) is 0 Å². The second kappa shape index (κ2) is 2.80. The van der Waals surface area contributed by atoms with Gasteiger partial charge in [-0.05, 0) is 25.0 Å². The van der Waals surface area contributed by atoms with E-state index in [9.17, 15) is 0 Å². The van der Waals surface area contributed by atoms with Gasteiger partial charge in [-0.1, -0.05) is 19.1 Å². The van der Waals surface area contributed by atoms with Crippen molar-refractivity contribution in [2.45, 2.75) is 20.3 Å². The van der Waals surface area contributed by atoms with Crippen LogP contribution >= 0.6 is 0 Å². The van der Waals surface area contributed by atoms with Crippen LogP contribution in [0.3, 0.4) is 0 Å². The van der Waals surface area contributed by atoms with Crippen LogP contribution in [0, 0.1) is 6.92 Å². The van der Waals surface area contributed by atoms with Crippen LogP contribution in [0.2, 0.25) is 0 Å². The van der Waals surface area contributed by atoms with Crippen molar-refractivity contribution in [1.82, 2.24) is 4.98 Å². The highest BCUT2D eigenvalue weighted by Crippen LogP contribution is 2.25. The number of aromatic amines is 1. The first kappa shape index (κ1) is 8.17. The molecule has 0 aliphatic carbocycles. The fraction of sp³-hybridized carbons (Fsp3) is 0.273. The molecule has 0 bridgehead atoms. The lowest BCUT2D eigenvalue weighted by Gasteiger charge is -1.95. The predicted molar refractivity (Wildman–Crippen MR) is 56.8 cm³/mol. The highest BCUT2D eigenvalue weighted by atomic mass is 14.8. The Kier molecular flexibility index (Phi) is 1.76. The largest absolute Gasteiger partial charge is 0.385 e. The van der Waals surface area contributed by atoms with Crippen LogP contribution in [-0.2, 0) is 6.42 Å². The van der Waals surface area contributed by atoms with E-state index >= 15 is 0 Å². The number of nitrogens with two attached hydrogens (primary N) is 1. The summed E-state index contributed by atoms with van der Waals surface area (Å²) in [6.07, 6.45) is 0.981. The zero-order valence-corrected chi connectivity index (χ0v) is 8.02. The van der Waals surface area contributed by atoms with E-state index in [1.54, 1.807) is 0 Å². The Morgan fingerprint density at radius 2 is 2.15 bits per heavy atom. The molecule has 1 aromatic heterocycles. The van der Waals surface area contributed by atoms with Gasteiger partial charge < -0.3 is 10.7 Å². The third-order valence-corrected chi connectivity index (χ3v) is 2.45. The summed E-state index contributed by atoms with van der Waals surface area (Å²) in [5.41, 5.74) is 9.50. The van der Waals surface area contributed by atoms with E-state index in [-0.39, 0.29) is 0 Å². The molecule has 0 saturated heterocycles. The number of benzene rings is 1. The maximum absolute atomic E-state index is 5.86. The van der Waals surface area contributed by atoms with E-state index in [0.717, 1.165) is 17.8 Å². The standard InChI is InChI=1S/C11H14N2/c1-3-8-9-5-4-7(2)6-10(9)13-11(8)12/h4-6,13H,3,12H2,1-2H3. The lowest BCUT2D eigenvalue weighted by molar-refractivity contribution is 1.16. The lowest BCUT2D eigenvalue weighted by Crippen LogP contribution is -1.88. The average molecular weight is 174 g/mol. The maximum Gasteiger partial charge on any atom is 0.104 e.